The second-order valence-corrected chi connectivity index (χ2v) is 5.19. The molecule has 2 atom stereocenters. The van der Waals surface area contributed by atoms with Crippen LogP contribution in [0.3, 0.4) is 0 Å². The zero-order valence-electron chi connectivity index (χ0n) is 10.6. The number of aliphatic carboxylic acids is 1. The van der Waals surface area contributed by atoms with Crippen LogP contribution < -0.4 is 0 Å². The number of imide groups is 1. The minimum Gasteiger partial charge on any atom is -0.481 e. The number of carboxylic acids is 1. The maximum atomic E-state index is 11.8. The number of methoxy groups -OCH3 is 1. The first-order chi connectivity index (χ1) is 8.88. The van der Waals surface area contributed by atoms with Gasteiger partial charge in [-0.25, -0.2) is 4.79 Å². The molecule has 19 heavy (non-hydrogen) atoms. The number of nitrogens with zero attached hydrogens (tertiary/aromatic N) is 1. The van der Waals surface area contributed by atoms with Crippen LogP contribution in [0.15, 0.2) is 0 Å². The van der Waals surface area contributed by atoms with Gasteiger partial charge >= 0.3 is 11.9 Å². The van der Waals surface area contributed by atoms with Crippen molar-refractivity contribution in [3.05, 3.63) is 0 Å². The summed E-state index contributed by atoms with van der Waals surface area (Å²) >= 11 is 0.959. The number of hydrogen-bond acceptors (Lipinski definition) is 6. The maximum Gasteiger partial charge on any atom is 0.329 e. The molecular weight excluding hydrogens is 274 g/mol. The van der Waals surface area contributed by atoms with Gasteiger partial charge in [0.15, 0.2) is 0 Å². The van der Waals surface area contributed by atoms with Gasteiger partial charge in [-0.15, -0.1) is 11.8 Å². The lowest BCUT2D eigenvalue weighted by atomic mass is 10.1. The lowest BCUT2D eigenvalue weighted by Gasteiger charge is -2.23. The molecule has 2 unspecified atom stereocenters. The number of thioether (sulfide) groups is 1. The number of ether oxygens (including phenoxy) is 1. The summed E-state index contributed by atoms with van der Waals surface area (Å²) in [7, 11) is 1.16. The van der Waals surface area contributed by atoms with Crippen molar-refractivity contribution in [2.24, 2.45) is 5.92 Å². The number of rotatable bonds is 6. The highest BCUT2D eigenvalue weighted by Gasteiger charge is 2.43. The van der Waals surface area contributed by atoms with E-state index in [0.29, 0.717) is 0 Å². The van der Waals surface area contributed by atoms with Gasteiger partial charge in [0.05, 0.1) is 12.9 Å². The molecular formula is C11H15NO6S. The fraction of sp³-hybridized carbons (Fsp3) is 0.636. The van der Waals surface area contributed by atoms with Gasteiger partial charge in [-0.05, 0) is 0 Å². The van der Waals surface area contributed by atoms with Crippen molar-refractivity contribution in [2.45, 2.75) is 19.4 Å². The van der Waals surface area contributed by atoms with E-state index in [1.165, 1.54) is 0 Å². The fourth-order valence-electron chi connectivity index (χ4n) is 1.78. The van der Waals surface area contributed by atoms with Crippen molar-refractivity contribution in [1.29, 1.82) is 0 Å². The first-order valence-corrected chi connectivity index (χ1v) is 6.77. The molecule has 0 spiro atoms. The van der Waals surface area contributed by atoms with Gasteiger partial charge in [0.2, 0.25) is 11.8 Å². The van der Waals surface area contributed by atoms with Crippen LogP contribution in [0.4, 0.5) is 0 Å². The van der Waals surface area contributed by atoms with E-state index in [1.54, 1.807) is 6.92 Å². The normalized spacial score (nSPS) is 20.5. The van der Waals surface area contributed by atoms with Crippen molar-refractivity contribution in [1.82, 2.24) is 4.90 Å². The average Bonchev–Trinajstić information content (AvgIpc) is 2.59. The van der Waals surface area contributed by atoms with Crippen LogP contribution >= 0.6 is 11.8 Å². The molecule has 1 heterocycles. The first-order valence-electron chi connectivity index (χ1n) is 5.61. The van der Waals surface area contributed by atoms with Crippen LogP contribution in [-0.4, -0.2) is 58.4 Å². The van der Waals surface area contributed by atoms with Crippen molar-refractivity contribution in [2.75, 3.05) is 18.6 Å². The molecule has 1 saturated heterocycles. The molecule has 1 aliphatic heterocycles. The molecule has 1 rings (SSSR count). The smallest absolute Gasteiger partial charge is 0.329 e. The van der Waals surface area contributed by atoms with Gasteiger partial charge < -0.3 is 9.84 Å². The Morgan fingerprint density at radius 2 is 2.16 bits per heavy atom. The van der Waals surface area contributed by atoms with Gasteiger partial charge in [-0.1, -0.05) is 6.92 Å². The Kier molecular flexibility index (Phi) is 5.34. The number of carbonyl (C=O) groups excluding carboxylic acids is 3. The van der Waals surface area contributed by atoms with E-state index in [2.05, 4.69) is 4.74 Å². The number of amides is 2. The predicted molar refractivity (Wildman–Crippen MR) is 66.4 cm³/mol. The van der Waals surface area contributed by atoms with Gasteiger partial charge in [0.25, 0.3) is 0 Å². The predicted octanol–water partition coefficient (Wildman–Crippen LogP) is -0.259. The third-order valence-corrected chi connectivity index (χ3v) is 3.70. The summed E-state index contributed by atoms with van der Waals surface area (Å²) in [5.41, 5.74) is 0. The molecule has 0 aromatic heterocycles. The number of likely N-dealkylation sites (tertiary alicyclic amines) is 1. The second kappa shape index (κ2) is 6.55. The molecule has 1 fully saturated rings. The van der Waals surface area contributed by atoms with Gasteiger partial charge in [0, 0.05) is 18.1 Å². The van der Waals surface area contributed by atoms with Crippen molar-refractivity contribution >= 4 is 35.5 Å². The number of carbonyl (C=O) groups is 4. The highest BCUT2D eigenvalue weighted by atomic mass is 32.2. The molecule has 7 nitrogen and oxygen atoms in total. The van der Waals surface area contributed by atoms with E-state index in [0.717, 1.165) is 23.8 Å². The SMILES string of the molecule is COC(=O)C(CSCC(=O)O)N1C(=O)CC(C)C1=O. The minimum absolute atomic E-state index is 0.0170. The highest BCUT2D eigenvalue weighted by Crippen LogP contribution is 2.23. The molecule has 0 radical (unpaired) electrons. The second-order valence-electron chi connectivity index (χ2n) is 4.15. The lowest BCUT2D eigenvalue weighted by Crippen LogP contribution is -2.47. The maximum absolute atomic E-state index is 11.8. The fourth-order valence-corrected chi connectivity index (χ4v) is 2.58. The monoisotopic (exact) mass is 289 g/mol. The topological polar surface area (TPSA) is 101 Å². The molecule has 106 valence electrons. The highest BCUT2D eigenvalue weighted by molar-refractivity contribution is 8.00. The average molecular weight is 289 g/mol. The summed E-state index contributed by atoms with van der Waals surface area (Å²) in [5, 5.41) is 8.55. The van der Waals surface area contributed by atoms with E-state index in [4.69, 9.17) is 5.11 Å². The first kappa shape index (κ1) is 15.5. The Bertz CT molecular complexity index is 410. The molecule has 0 aliphatic carbocycles. The summed E-state index contributed by atoms with van der Waals surface area (Å²) in [6.07, 6.45) is 0.0654. The van der Waals surface area contributed by atoms with Crippen LogP contribution in [0, 0.1) is 5.92 Å². The van der Waals surface area contributed by atoms with Crippen molar-refractivity contribution in [3.63, 3.8) is 0 Å². The van der Waals surface area contributed by atoms with Gasteiger partial charge in [-0.2, -0.15) is 0 Å². The Morgan fingerprint density at radius 1 is 1.53 bits per heavy atom. The van der Waals surface area contributed by atoms with Crippen molar-refractivity contribution in [3.8, 4) is 0 Å². The van der Waals surface area contributed by atoms with Gasteiger partial charge in [0.1, 0.15) is 6.04 Å². The Hall–Kier alpha value is -1.57. The van der Waals surface area contributed by atoms with E-state index in [1.807, 2.05) is 0 Å². The molecule has 0 aromatic rings. The zero-order chi connectivity index (χ0) is 14.6. The van der Waals surface area contributed by atoms with Crippen LogP contribution in [-0.2, 0) is 23.9 Å². The van der Waals surface area contributed by atoms with E-state index >= 15 is 0 Å². The standard InChI is InChI=1S/C11H15NO6S/c1-6-3-8(13)12(10(6)16)7(11(17)18-2)4-19-5-9(14)15/h6-7H,3-5H2,1-2H3,(H,14,15). The van der Waals surface area contributed by atoms with Crippen LogP contribution in [0.2, 0.25) is 0 Å². The Balaban J connectivity index is 2.79. The van der Waals surface area contributed by atoms with E-state index in [-0.39, 0.29) is 17.9 Å². The van der Waals surface area contributed by atoms with E-state index in [9.17, 15) is 19.2 Å². The summed E-state index contributed by atoms with van der Waals surface area (Å²) in [5.74, 6) is -3.23. The lowest BCUT2D eigenvalue weighted by molar-refractivity contribution is -0.155. The zero-order valence-corrected chi connectivity index (χ0v) is 11.4. The number of carboxylic acid groups (broad SMARTS) is 1. The molecule has 1 N–H and O–H groups in total. The quantitative estimate of drug-likeness (QED) is 0.531. The summed E-state index contributed by atoms with van der Waals surface area (Å²) in [4.78, 5) is 46.5. The van der Waals surface area contributed by atoms with E-state index < -0.39 is 35.7 Å². The third kappa shape index (κ3) is 3.69. The molecule has 0 bridgehead atoms. The summed E-state index contributed by atoms with van der Waals surface area (Å²) in [6, 6.07) is -1.06. The summed E-state index contributed by atoms with van der Waals surface area (Å²) < 4.78 is 4.57. The number of esters is 1. The molecule has 2 amide bonds. The van der Waals surface area contributed by atoms with Crippen LogP contribution in [0.25, 0.3) is 0 Å². The molecule has 0 aromatic carbocycles. The third-order valence-electron chi connectivity index (χ3n) is 2.69. The Labute approximate surface area is 114 Å². The van der Waals surface area contributed by atoms with Gasteiger partial charge in [-0.3, -0.25) is 19.3 Å². The van der Waals surface area contributed by atoms with Crippen LogP contribution in [0.1, 0.15) is 13.3 Å². The minimum atomic E-state index is -1.06. The van der Waals surface area contributed by atoms with Crippen LogP contribution in [0.5, 0.6) is 0 Å². The molecule has 1 aliphatic rings. The largest absolute Gasteiger partial charge is 0.481 e. The van der Waals surface area contributed by atoms with Crippen molar-refractivity contribution < 1.29 is 29.0 Å². The molecule has 0 saturated carbocycles. The number of hydrogen-bond donors (Lipinski definition) is 1. The Morgan fingerprint density at radius 3 is 2.58 bits per heavy atom. The summed E-state index contributed by atoms with van der Waals surface area (Å²) in [6.45, 7) is 1.61. The molecule has 8 heteroatoms.